The molecule has 1 aromatic carbocycles. The van der Waals surface area contributed by atoms with E-state index in [0.29, 0.717) is 27.0 Å². The predicted molar refractivity (Wildman–Crippen MR) is 149 cm³/mol. The fraction of sp³-hybridized carbons (Fsp3) is 0. The van der Waals surface area contributed by atoms with E-state index < -0.39 is 5.91 Å². The number of nitriles is 1. The molecule has 0 saturated heterocycles. The van der Waals surface area contributed by atoms with E-state index in [1.807, 2.05) is 35.0 Å². The summed E-state index contributed by atoms with van der Waals surface area (Å²) in [5, 5.41) is 16.9. The molecule has 0 aliphatic rings. The van der Waals surface area contributed by atoms with Crippen LogP contribution in [0.2, 0.25) is 0 Å². The van der Waals surface area contributed by atoms with Crippen LogP contribution in [0, 0.1) is 11.3 Å². The Morgan fingerprint density at radius 1 is 1.03 bits per heavy atom. The summed E-state index contributed by atoms with van der Waals surface area (Å²) in [4.78, 5) is 32.4. The summed E-state index contributed by atoms with van der Waals surface area (Å²) < 4.78 is 0. The third-order valence-corrected chi connectivity index (χ3v) is 8.18. The lowest BCUT2D eigenvalue weighted by Crippen LogP contribution is -2.12. The number of aromatic nitrogens is 1. The number of fused-ring (bicyclic) bond motifs is 1. The Bertz CT molecular complexity index is 1660. The number of benzene rings is 1. The highest BCUT2D eigenvalue weighted by atomic mass is 32.1. The van der Waals surface area contributed by atoms with Crippen LogP contribution in [0.4, 0.5) is 17.2 Å². The van der Waals surface area contributed by atoms with Crippen LogP contribution in [0.5, 0.6) is 0 Å². The first-order chi connectivity index (χ1) is 17.5. The lowest BCUT2D eigenvalue weighted by molar-refractivity contribution is 0.102. The van der Waals surface area contributed by atoms with Gasteiger partial charge in [0.15, 0.2) is 5.78 Å². The summed E-state index contributed by atoms with van der Waals surface area (Å²) in [5.74, 6) is -0.454. The van der Waals surface area contributed by atoms with Gasteiger partial charge in [0, 0.05) is 32.0 Å². The summed E-state index contributed by atoms with van der Waals surface area (Å²) in [5.41, 5.74) is 14.6. The first kappa shape index (κ1) is 23.4. The Kier molecular flexibility index (Phi) is 6.35. The number of carbonyl (C=O) groups is 2. The minimum Gasteiger partial charge on any atom is -0.397 e. The molecule has 0 aliphatic heterocycles. The molecule has 0 spiro atoms. The van der Waals surface area contributed by atoms with Gasteiger partial charge in [-0.2, -0.15) is 5.26 Å². The molecule has 10 heteroatoms. The van der Waals surface area contributed by atoms with Gasteiger partial charge < -0.3 is 16.8 Å². The van der Waals surface area contributed by atoms with Gasteiger partial charge in [0.05, 0.1) is 5.69 Å². The third-order valence-electron chi connectivity index (χ3n) is 5.36. The van der Waals surface area contributed by atoms with Crippen LogP contribution in [0.15, 0.2) is 65.4 Å². The number of ketones is 1. The number of carbonyl (C=O) groups excluding carboxylic acids is 2. The topological polar surface area (TPSA) is 135 Å². The van der Waals surface area contributed by atoms with Crippen LogP contribution in [0.25, 0.3) is 26.7 Å². The molecule has 0 fully saturated rings. The van der Waals surface area contributed by atoms with Crippen molar-refractivity contribution >= 4 is 79.2 Å². The van der Waals surface area contributed by atoms with E-state index in [1.165, 1.54) is 17.4 Å². The second-order valence-corrected chi connectivity index (χ2v) is 10.5. The maximum atomic E-state index is 13.1. The normalized spacial score (nSPS) is 11.1. The molecule has 176 valence electrons. The summed E-state index contributed by atoms with van der Waals surface area (Å²) in [7, 11) is 0. The molecular formula is C26H17N5O2S3. The highest BCUT2D eigenvalue weighted by Gasteiger charge is 2.24. The number of thiophene rings is 3. The Labute approximate surface area is 218 Å². The minimum atomic E-state index is -0.415. The molecule has 5 rings (SSSR count). The number of hydrogen-bond donors (Lipinski definition) is 3. The average Bonchev–Trinajstić information content (AvgIpc) is 3.64. The number of allylic oxidation sites excluding steroid dienone is 1. The van der Waals surface area contributed by atoms with Crippen LogP contribution < -0.4 is 16.8 Å². The monoisotopic (exact) mass is 527 g/mol. The van der Waals surface area contributed by atoms with Gasteiger partial charge in [0.25, 0.3) is 5.91 Å². The van der Waals surface area contributed by atoms with E-state index in [-0.39, 0.29) is 27.7 Å². The molecule has 0 saturated carbocycles. The Balaban J connectivity index is 1.42. The molecule has 0 bridgehead atoms. The van der Waals surface area contributed by atoms with Crippen molar-refractivity contribution < 1.29 is 9.59 Å². The molecule has 0 radical (unpaired) electrons. The van der Waals surface area contributed by atoms with Crippen molar-refractivity contribution in [2.24, 2.45) is 0 Å². The van der Waals surface area contributed by atoms with Crippen LogP contribution >= 0.6 is 34.0 Å². The van der Waals surface area contributed by atoms with Gasteiger partial charge in [0.2, 0.25) is 0 Å². The zero-order valence-electron chi connectivity index (χ0n) is 18.5. The van der Waals surface area contributed by atoms with Crippen molar-refractivity contribution in [3.8, 4) is 16.5 Å². The zero-order valence-corrected chi connectivity index (χ0v) is 21.0. The van der Waals surface area contributed by atoms with Gasteiger partial charge >= 0.3 is 0 Å². The average molecular weight is 528 g/mol. The maximum absolute atomic E-state index is 13.1. The van der Waals surface area contributed by atoms with Crippen LogP contribution in [-0.2, 0) is 0 Å². The van der Waals surface area contributed by atoms with E-state index in [1.54, 1.807) is 41.7 Å². The highest BCUT2D eigenvalue weighted by molar-refractivity contribution is 7.21. The highest BCUT2D eigenvalue weighted by Crippen LogP contribution is 2.44. The first-order valence-electron chi connectivity index (χ1n) is 10.6. The van der Waals surface area contributed by atoms with Gasteiger partial charge in [-0.05, 0) is 59.3 Å². The fourth-order valence-corrected chi connectivity index (χ4v) is 6.07. The molecule has 5 aromatic rings. The number of nitrogens with zero attached hydrogens (tertiary/aromatic N) is 2. The third kappa shape index (κ3) is 4.38. The SMILES string of the molecule is N#Cc1c(N)nc2sc(C(=O)Nc3ccc(C(=O)C=Cc4cccs4)cc3)c(N)c2c1-c1cccs1. The molecule has 4 aromatic heterocycles. The van der Waals surface area contributed by atoms with Gasteiger partial charge in [0.1, 0.15) is 27.2 Å². The Hall–Kier alpha value is -4.30. The quantitative estimate of drug-likeness (QED) is 0.176. The number of amides is 1. The van der Waals surface area contributed by atoms with Gasteiger partial charge in [-0.15, -0.1) is 34.0 Å². The zero-order chi connectivity index (χ0) is 25.2. The van der Waals surface area contributed by atoms with Gasteiger partial charge in [-0.3, -0.25) is 9.59 Å². The van der Waals surface area contributed by atoms with E-state index in [2.05, 4.69) is 16.4 Å². The smallest absolute Gasteiger partial charge is 0.267 e. The van der Waals surface area contributed by atoms with Crippen molar-refractivity contribution in [2.75, 3.05) is 16.8 Å². The van der Waals surface area contributed by atoms with E-state index in [9.17, 15) is 14.9 Å². The molecule has 0 aliphatic carbocycles. The largest absolute Gasteiger partial charge is 0.397 e. The fourth-order valence-electron chi connectivity index (χ4n) is 3.66. The van der Waals surface area contributed by atoms with E-state index in [4.69, 9.17) is 11.5 Å². The second-order valence-electron chi connectivity index (χ2n) is 7.61. The minimum absolute atomic E-state index is 0.0926. The van der Waals surface area contributed by atoms with Crippen molar-refractivity contribution in [3.05, 3.63) is 86.2 Å². The number of nitrogens with two attached hydrogens (primary N) is 2. The number of nitrogen functional groups attached to an aromatic ring is 2. The maximum Gasteiger partial charge on any atom is 0.267 e. The molecule has 0 atom stereocenters. The van der Waals surface area contributed by atoms with Gasteiger partial charge in [-0.25, -0.2) is 4.98 Å². The van der Waals surface area contributed by atoms with Crippen LogP contribution in [0.3, 0.4) is 0 Å². The summed E-state index contributed by atoms with van der Waals surface area (Å²) >= 11 is 4.11. The molecular weight excluding hydrogens is 511 g/mol. The molecule has 7 nitrogen and oxygen atoms in total. The van der Waals surface area contributed by atoms with Crippen molar-refractivity contribution in [1.82, 2.24) is 4.98 Å². The lowest BCUT2D eigenvalue weighted by atomic mass is 10.0. The number of hydrogen-bond acceptors (Lipinski definition) is 9. The molecule has 5 N–H and O–H groups in total. The Morgan fingerprint density at radius 2 is 1.78 bits per heavy atom. The number of anilines is 3. The summed E-state index contributed by atoms with van der Waals surface area (Å²) in [6, 6.07) is 16.3. The summed E-state index contributed by atoms with van der Waals surface area (Å²) in [6.07, 6.45) is 3.30. The van der Waals surface area contributed by atoms with Crippen LogP contribution in [0.1, 0.15) is 30.5 Å². The van der Waals surface area contributed by atoms with Crippen molar-refractivity contribution in [3.63, 3.8) is 0 Å². The van der Waals surface area contributed by atoms with Gasteiger partial charge in [-0.1, -0.05) is 12.1 Å². The van der Waals surface area contributed by atoms with Crippen molar-refractivity contribution in [2.45, 2.75) is 0 Å². The first-order valence-corrected chi connectivity index (χ1v) is 13.2. The molecule has 1 amide bonds. The standard InChI is InChI=1S/C26H17N5O2S3/c27-13-17-20(19-4-2-12-35-19)21-22(28)23(36-26(21)31-24(17)29)25(33)30-15-7-5-14(6-8-15)18(32)10-9-16-3-1-11-34-16/h1-12H,28H2,(H2,29,31)(H,30,33). The van der Waals surface area contributed by atoms with Crippen LogP contribution in [-0.4, -0.2) is 16.7 Å². The summed E-state index contributed by atoms with van der Waals surface area (Å²) in [6.45, 7) is 0. The molecule has 0 unspecified atom stereocenters. The number of nitrogens with one attached hydrogen (secondary N) is 1. The number of pyridine rings is 1. The number of rotatable bonds is 6. The lowest BCUT2D eigenvalue weighted by Gasteiger charge is -2.08. The molecule has 4 heterocycles. The van der Waals surface area contributed by atoms with Crippen molar-refractivity contribution in [1.29, 1.82) is 5.26 Å². The predicted octanol–water partition coefficient (Wildman–Crippen LogP) is 6.27. The molecule has 36 heavy (non-hydrogen) atoms. The van der Waals surface area contributed by atoms with E-state index >= 15 is 0 Å². The Morgan fingerprint density at radius 3 is 2.44 bits per heavy atom. The van der Waals surface area contributed by atoms with E-state index in [0.717, 1.165) is 21.1 Å². The second kappa shape index (κ2) is 9.75.